The second-order valence-corrected chi connectivity index (χ2v) is 5.48. The summed E-state index contributed by atoms with van der Waals surface area (Å²) < 4.78 is 15.1. The van der Waals surface area contributed by atoms with Crippen LogP contribution in [0.25, 0.3) is 0 Å². The molecule has 2 N–H and O–H groups in total. The van der Waals surface area contributed by atoms with Crippen molar-refractivity contribution in [1.29, 1.82) is 0 Å². The van der Waals surface area contributed by atoms with Gasteiger partial charge in [0, 0.05) is 19.6 Å². The molecule has 0 atom stereocenters. The summed E-state index contributed by atoms with van der Waals surface area (Å²) >= 11 is 0. The Morgan fingerprint density at radius 1 is 1.28 bits per heavy atom. The second-order valence-electron chi connectivity index (χ2n) is 5.48. The van der Waals surface area contributed by atoms with E-state index in [2.05, 4.69) is 25.8 Å². The summed E-state index contributed by atoms with van der Waals surface area (Å²) in [6.45, 7) is 8.79. The number of aliphatic imine (C=N–C) groups is 1. The summed E-state index contributed by atoms with van der Waals surface area (Å²) in [6.07, 6.45) is 2.52. The molecule has 0 fully saturated rings. The molecule has 0 saturated carbocycles. The first-order chi connectivity index (χ1) is 11.6. The van der Waals surface area contributed by atoms with Crippen LogP contribution < -0.4 is 10.6 Å². The molecule has 0 unspecified atom stereocenters. The molecule has 2 aromatic rings. The zero-order valence-electron chi connectivity index (χ0n) is 14.9. The van der Waals surface area contributed by atoms with Gasteiger partial charge in [-0.05, 0) is 50.5 Å². The third-order valence-corrected chi connectivity index (χ3v) is 3.75. The highest BCUT2D eigenvalue weighted by atomic mass is 127. The molecule has 1 aromatic carbocycles. The Morgan fingerprint density at radius 2 is 2.08 bits per heavy atom. The van der Waals surface area contributed by atoms with Gasteiger partial charge in [-0.25, -0.2) is 9.38 Å². The fourth-order valence-electron chi connectivity index (χ4n) is 2.41. The fourth-order valence-corrected chi connectivity index (χ4v) is 2.41. The van der Waals surface area contributed by atoms with Crippen LogP contribution in [0.15, 0.2) is 29.5 Å². The number of aryl methyl sites for hydroxylation is 2. The van der Waals surface area contributed by atoms with Gasteiger partial charge in [0.15, 0.2) is 11.8 Å². The van der Waals surface area contributed by atoms with Crippen molar-refractivity contribution in [3.8, 4) is 0 Å². The van der Waals surface area contributed by atoms with E-state index in [-0.39, 0.29) is 29.8 Å². The van der Waals surface area contributed by atoms with Crippen molar-refractivity contribution in [2.75, 3.05) is 13.1 Å². The van der Waals surface area contributed by atoms with Gasteiger partial charge in [0.2, 0.25) is 0 Å². The fraction of sp³-hybridized carbons (Fsp3) is 0.471. The third kappa shape index (κ3) is 6.60. The van der Waals surface area contributed by atoms with Crippen LogP contribution in [0.4, 0.5) is 4.39 Å². The summed E-state index contributed by atoms with van der Waals surface area (Å²) in [6, 6.07) is 4.89. The number of benzene rings is 1. The maximum atomic E-state index is 13.1. The monoisotopic (exact) mass is 460 g/mol. The van der Waals surface area contributed by atoms with Crippen molar-refractivity contribution >= 4 is 29.9 Å². The van der Waals surface area contributed by atoms with Crippen molar-refractivity contribution < 1.29 is 4.39 Å². The van der Waals surface area contributed by atoms with E-state index in [0.717, 1.165) is 49.0 Å². The summed E-state index contributed by atoms with van der Waals surface area (Å²) in [5.41, 5.74) is 2.10. The molecule has 0 spiro atoms. The quantitative estimate of drug-likeness (QED) is 0.379. The van der Waals surface area contributed by atoms with Gasteiger partial charge in [-0.2, -0.15) is 0 Å². The first-order valence-electron chi connectivity index (χ1n) is 8.28. The predicted octanol–water partition coefficient (Wildman–Crippen LogP) is 2.66. The van der Waals surface area contributed by atoms with Crippen LogP contribution in [0.1, 0.15) is 30.8 Å². The van der Waals surface area contributed by atoms with E-state index < -0.39 is 0 Å². The van der Waals surface area contributed by atoms with Gasteiger partial charge in [0.25, 0.3) is 0 Å². The highest BCUT2D eigenvalue weighted by Gasteiger charge is 2.04. The van der Waals surface area contributed by atoms with Crippen LogP contribution in [0.2, 0.25) is 0 Å². The number of nitrogens with zero attached hydrogens (tertiary/aromatic N) is 4. The van der Waals surface area contributed by atoms with Crippen LogP contribution in [-0.2, 0) is 19.5 Å². The molecule has 0 bridgehead atoms. The predicted molar refractivity (Wildman–Crippen MR) is 109 cm³/mol. The number of rotatable bonds is 7. The van der Waals surface area contributed by atoms with Crippen LogP contribution in [0.3, 0.4) is 0 Å². The Labute approximate surface area is 165 Å². The molecule has 6 nitrogen and oxygen atoms in total. The lowest BCUT2D eigenvalue weighted by Crippen LogP contribution is -2.38. The maximum Gasteiger partial charge on any atom is 0.191 e. The Hall–Kier alpha value is -1.71. The van der Waals surface area contributed by atoms with E-state index in [4.69, 9.17) is 0 Å². The molecule has 1 heterocycles. The van der Waals surface area contributed by atoms with Crippen LogP contribution in [0.5, 0.6) is 0 Å². The first kappa shape index (κ1) is 21.3. The minimum Gasteiger partial charge on any atom is -0.357 e. The Bertz CT molecular complexity index is 686. The van der Waals surface area contributed by atoms with Gasteiger partial charge in [0.1, 0.15) is 18.7 Å². The van der Waals surface area contributed by atoms with Gasteiger partial charge in [-0.15, -0.1) is 34.2 Å². The highest BCUT2D eigenvalue weighted by Crippen LogP contribution is 2.10. The Balaban J connectivity index is 0.00000312. The minimum atomic E-state index is -0.195. The van der Waals surface area contributed by atoms with Gasteiger partial charge in [-0.1, -0.05) is 6.07 Å². The van der Waals surface area contributed by atoms with Gasteiger partial charge >= 0.3 is 0 Å². The molecule has 1 aromatic heterocycles. The summed E-state index contributed by atoms with van der Waals surface area (Å²) in [7, 11) is 0. The Kier molecular flexibility index (Phi) is 9.40. The molecule has 0 aliphatic heterocycles. The first-order valence-corrected chi connectivity index (χ1v) is 8.28. The SMILES string of the molecule is CCNC(=NCc1nncn1CC)NCCc1ccc(F)cc1C.I. The van der Waals surface area contributed by atoms with E-state index in [0.29, 0.717) is 6.54 Å². The smallest absolute Gasteiger partial charge is 0.191 e. The molecule has 8 heteroatoms. The van der Waals surface area contributed by atoms with Crippen molar-refractivity contribution in [3.63, 3.8) is 0 Å². The zero-order chi connectivity index (χ0) is 17.4. The summed E-state index contributed by atoms with van der Waals surface area (Å²) in [5, 5.41) is 14.5. The molecular formula is C17H26FIN6. The van der Waals surface area contributed by atoms with Crippen LogP contribution >= 0.6 is 24.0 Å². The van der Waals surface area contributed by atoms with Gasteiger partial charge in [0.05, 0.1) is 0 Å². The average molecular weight is 460 g/mol. The number of halogens is 2. The lowest BCUT2D eigenvalue weighted by atomic mass is 10.1. The largest absolute Gasteiger partial charge is 0.357 e. The lowest BCUT2D eigenvalue weighted by molar-refractivity contribution is 0.625. The maximum absolute atomic E-state index is 13.1. The third-order valence-electron chi connectivity index (χ3n) is 3.75. The van der Waals surface area contributed by atoms with Crippen molar-refractivity contribution in [2.45, 2.75) is 40.3 Å². The number of nitrogens with one attached hydrogen (secondary N) is 2. The Morgan fingerprint density at radius 3 is 2.76 bits per heavy atom. The van der Waals surface area contributed by atoms with Crippen LogP contribution in [0, 0.1) is 12.7 Å². The van der Waals surface area contributed by atoms with E-state index >= 15 is 0 Å². The van der Waals surface area contributed by atoms with Crippen molar-refractivity contribution in [1.82, 2.24) is 25.4 Å². The number of aromatic nitrogens is 3. The molecule has 2 rings (SSSR count). The number of hydrogen-bond acceptors (Lipinski definition) is 3. The number of hydrogen-bond donors (Lipinski definition) is 2. The lowest BCUT2D eigenvalue weighted by Gasteiger charge is -2.12. The number of guanidine groups is 1. The second kappa shape index (κ2) is 11.0. The minimum absolute atomic E-state index is 0. The summed E-state index contributed by atoms with van der Waals surface area (Å²) in [5.74, 6) is 1.38. The van der Waals surface area contributed by atoms with Crippen LogP contribution in [-0.4, -0.2) is 33.8 Å². The van der Waals surface area contributed by atoms with E-state index in [1.54, 1.807) is 12.4 Å². The molecule has 0 radical (unpaired) electrons. The normalized spacial score (nSPS) is 11.1. The van der Waals surface area contributed by atoms with E-state index in [1.807, 2.05) is 31.4 Å². The zero-order valence-corrected chi connectivity index (χ0v) is 17.3. The van der Waals surface area contributed by atoms with E-state index in [9.17, 15) is 4.39 Å². The van der Waals surface area contributed by atoms with Gasteiger partial charge < -0.3 is 15.2 Å². The van der Waals surface area contributed by atoms with E-state index in [1.165, 1.54) is 6.07 Å². The topological polar surface area (TPSA) is 67.1 Å². The summed E-state index contributed by atoms with van der Waals surface area (Å²) in [4.78, 5) is 4.54. The molecule has 0 saturated heterocycles. The van der Waals surface area contributed by atoms with Gasteiger partial charge in [-0.3, -0.25) is 0 Å². The molecule has 0 aliphatic carbocycles. The average Bonchev–Trinajstić information content (AvgIpc) is 3.02. The molecule has 138 valence electrons. The molecule has 0 amide bonds. The standard InChI is InChI=1S/C17H25FN6.HI/c1-4-19-17(21-11-16-23-22-12-24(16)5-2)20-9-8-14-6-7-15(18)10-13(14)3;/h6-7,10,12H,4-5,8-9,11H2,1-3H3,(H2,19,20,21);1H. The molecule has 25 heavy (non-hydrogen) atoms. The highest BCUT2D eigenvalue weighted by molar-refractivity contribution is 14.0. The molecular weight excluding hydrogens is 434 g/mol. The van der Waals surface area contributed by atoms with Crippen molar-refractivity contribution in [3.05, 3.63) is 47.3 Å². The van der Waals surface area contributed by atoms with Crippen molar-refractivity contribution in [2.24, 2.45) is 4.99 Å². The molecule has 0 aliphatic rings.